The summed E-state index contributed by atoms with van der Waals surface area (Å²) in [6.45, 7) is 0. The Morgan fingerprint density at radius 1 is 1.30 bits per heavy atom. The number of allylic oxidation sites excluding steroid dienone is 1. The van der Waals surface area contributed by atoms with Crippen LogP contribution in [0.15, 0.2) is 29.7 Å². The Balaban J connectivity index is 1.75. The number of phenolic OH excluding ortho intramolecular Hbond substituents is 1. The first kappa shape index (κ1) is 14.9. The zero-order chi connectivity index (χ0) is 16.1. The number of hydrogen-bond acceptors (Lipinski definition) is 5. The van der Waals surface area contributed by atoms with Crippen molar-refractivity contribution in [2.24, 2.45) is 11.8 Å². The Hall–Kier alpha value is -1.66. The molecule has 1 aromatic carbocycles. The van der Waals surface area contributed by atoms with Crippen LogP contribution in [-0.4, -0.2) is 33.5 Å². The van der Waals surface area contributed by atoms with E-state index < -0.39 is 6.10 Å². The molecule has 4 rings (SSSR count). The highest BCUT2D eigenvalue weighted by Gasteiger charge is 2.51. The number of aliphatic hydroxyl groups excluding tert-OH is 1. The lowest BCUT2D eigenvalue weighted by Gasteiger charge is -2.48. The minimum Gasteiger partial charge on any atom is -0.506 e. The molecule has 5 N–H and O–H groups in total. The van der Waals surface area contributed by atoms with Gasteiger partial charge in [-0.25, -0.2) is 0 Å². The van der Waals surface area contributed by atoms with Crippen LogP contribution >= 0.6 is 11.8 Å². The van der Waals surface area contributed by atoms with Crippen molar-refractivity contribution in [3.8, 4) is 5.75 Å². The van der Waals surface area contributed by atoms with E-state index in [-0.39, 0.29) is 40.7 Å². The molecule has 0 aromatic heterocycles. The number of hydrogen-bond donors (Lipinski definition) is 4. The zero-order valence-electron chi connectivity index (χ0n) is 12.6. The smallest absolute Gasteiger partial charge is 0.234 e. The van der Waals surface area contributed by atoms with Crippen molar-refractivity contribution in [2.75, 3.05) is 5.73 Å². The van der Waals surface area contributed by atoms with Gasteiger partial charge in [-0.2, -0.15) is 0 Å². The molecule has 0 bridgehead atoms. The van der Waals surface area contributed by atoms with E-state index in [1.165, 1.54) is 0 Å². The molecular formula is C17H20N2O3S. The molecular weight excluding hydrogens is 312 g/mol. The molecule has 1 aromatic rings. The molecule has 0 spiro atoms. The van der Waals surface area contributed by atoms with Crippen LogP contribution in [0.5, 0.6) is 5.75 Å². The Labute approximate surface area is 139 Å². The summed E-state index contributed by atoms with van der Waals surface area (Å²) in [4.78, 5) is 12.3. The summed E-state index contributed by atoms with van der Waals surface area (Å²) in [6.07, 6.45) is 3.06. The first-order chi connectivity index (χ1) is 11.1. The molecule has 6 heteroatoms. The van der Waals surface area contributed by atoms with Crippen molar-refractivity contribution < 1.29 is 15.0 Å². The van der Waals surface area contributed by atoms with Gasteiger partial charge in [0.25, 0.3) is 0 Å². The van der Waals surface area contributed by atoms with E-state index in [0.29, 0.717) is 12.1 Å². The quantitative estimate of drug-likeness (QED) is 0.462. The molecule has 1 saturated heterocycles. The molecule has 122 valence electrons. The number of nitrogens with one attached hydrogen (secondary N) is 1. The second-order valence-corrected chi connectivity index (χ2v) is 7.70. The number of aliphatic hydroxyl groups is 1. The number of fused-ring (bicyclic) bond motifs is 3. The van der Waals surface area contributed by atoms with Crippen LogP contribution in [-0.2, 0) is 4.79 Å². The van der Waals surface area contributed by atoms with Gasteiger partial charge >= 0.3 is 0 Å². The van der Waals surface area contributed by atoms with Gasteiger partial charge in [-0.15, -0.1) is 11.8 Å². The van der Waals surface area contributed by atoms with Crippen LogP contribution in [0.3, 0.4) is 0 Å². The van der Waals surface area contributed by atoms with Crippen molar-refractivity contribution in [3.63, 3.8) is 0 Å². The third-order valence-corrected chi connectivity index (χ3v) is 6.55. The normalized spacial score (nSPS) is 38.7. The molecule has 1 amide bonds. The van der Waals surface area contributed by atoms with Gasteiger partial charge in [0.2, 0.25) is 5.91 Å². The van der Waals surface area contributed by atoms with Crippen molar-refractivity contribution in [3.05, 3.63) is 35.2 Å². The fourth-order valence-electron chi connectivity index (χ4n) is 4.36. The Morgan fingerprint density at radius 3 is 2.91 bits per heavy atom. The van der Waals surface area contributed by atoms with Crippen molar-refractivity contribution >= 4 is 23.4 Å². The molecule has 6 atom stereocenters. The average molecular weight is 332 g/mol. The van der Waals surface area contributed by atoms with Crippen LogP contribution in [0.4, 0.5) is 5.69 Å². The molecule has 5 nitrogen and oxygen atoms in total. The number of benzene rings is 1. The summed E-state index contributed by atoms with van der Waals surface area (Å²) >= 11 is 1.55. The number of thioether (sulfide) groups is 1. The van der Waals surface area contributed by atoms with Crippen LogP contribution < -0.4 is 11.1 Å². The summed E-state index contributed by atoms with van der Waals surface area (Å²) in [6, 6.07) is 5.28. The maximum absolute atomic E-state index is 12.3. The Kier molecular flexibility index (Phi) is 3.54. The Morgan fingerprint density at radius 2 is 2.13 bits per heavy atom. The number of piperidine rings is 1. The first-order valence-corrected chi connectivity index (χ1v) is 8.89. The molecule has 1 saturated carbocycles. The SMILES string of the molecule is Nc1ccc(C2C(O)CCC3NC(=O)C4SC=CC4C32)cc1O. The predicted octanol–water partition coefficient (Wildman–Crippen LogP) is 1.57. The van der Waals surface area contributed by atoms with Crippen molar-refractivity contribution in [2.45, 2.75) is 36.2 Å². The summed E-state index contributed by atoms with van der Waals surface area (Å²) in [5.74, 6) is 0.289. The number of phenols is 1. The van der Waals surface area contributed by atoms with E-state index in [0.717, 1.165) is 12.0 Å². The number of amides is 1. The lowest BCUT2D eigenvalue weighted by Crippen LogP contribution is -2.59. The van der Waals surface area contributed by atoms with Crippen LogP contribution in [0, 0.1) is 11.8 Å². The maximum Gasteiger partial charge on any atom is 0.234 e. The second kappa shape index (κ2) is 5.46. The van der Waals surface area contributed by atoms with E-state index in [1.807, 2.05) is 11.5 Å². The Bertz CT molecular complexity index is 678. The van der Waals surface area contributed by atoms with Crippen LogP contribution in [0.25, 0.3) is 0 Å². The van der Waals surface area contributed by atoms with Gasteiger partial charge in [-0.05, 0) is 41.9 Å². The fraction of sp³-hybridized carbons (Fsp3) is 0.471. The number of carbonyl (C=O) groups excluding carboxylic acids is 1. The monoisotopic (exact) mass is 332 g/mol. The number of carbonyl (C=O) groups is 1. The van der Waals surface area contributed by atoms with Crippen LogP contribution in [0.1, 0.15) is 24.3 Å². The van der Waals surface area contributed by atoms with Gasteiger partial charge in [-0.1, -0.05) is 12.1 Å². The molecule has 2 fully saturated rings. The summed E-state index contributed by atoms with van der Waals surface area (Å²) in [7, 11) is 0. The standard InChI is InChI=1S/C17H20N2O3S/c18-10-2-1-8(7-13(10)21)14-12(20)4-3-11-15(14)9-5-6-23-16(9)17(22)19-11/h1-2,5-7,9,11-12,14-16,20-21H,3-4,18H2,(H,19,22). The highest BCUT2D eigenvalue weighted by Crippen LogP contribution is 2.50. The third kappa shape index (κ3) is 2.32. The molecule has 23 heavy (non-hydrogen) atoms. The topological polar surface area (TPSA) is 95.6 Å². The molecule has 0 radical (unpaired) electrons. The largest absolute Gasteiger partial charge is 0.506 e. The fourth-order valence-corrected chi connectivity index (χ4v) is 5.45. The van der Waals surface area contributed by atoms with Crippen molar-refractivity contribution in [1.82, 2.24) is 5.32 Å². The third-order valence-electron chi connectivity index (χ3n) is 5.41. The molecule has 1 aliphatic carbocycles. The van der Waals surface area contributed by atoms with Gasteiger partial charge in [0, 0.05) is 17.9 Å². The molecule has 6 unspecified atom stereocenters. The highest BCUT2D eigenvalue weighted by molar-refractivity contribution is 8.03. The van der Waals surface area contributed by atoms with E-state index in [2.05, 4.69) is 11.4 Å². The lowest BCUT2D eigenvalue weighted by atomic mass is 9.63. The van der Waals surface area contributed by atoms with E-state index in [9.17, 15) is 15.0 Å². The lowest BCUT2D eigenvalue weighted by molar-refractivity contribution is -0.126. The number of nitrogens with two attached hydrogens (primary N) is 1. The summed E-state index contributed by atoms with van der Waals surface area (Å²) < 4.78 is 0. The minimum absolute atomic E-state index is 0.0459. The van der Waals surface area contributed by atoms with E-state index >= 15 is 0 Å². The van der Waals surface area contributed by atoms with Gasteiger partial charge < -0.3 is 21.3 Å². The summed E-state index contributed by atoms with van der Waals surface area (Å²) in [5.41, 5.74) is 6.93. The molecule has 3 aliphatic rings. The number of nitrogen functional groups attached to an aromatic ring is 1. The van der Waals surface area contributed by atoms with Gasteiger partial charge in [-0.3, -0.25) is 4.79 Å². The first-order valence-electron chi connectivity index (χ1n) is 7.95. The van der Waals surface area contributed by atoms with Gasteiger partial charge in [0.15, 0.2) is 0 Å². The second-order valence-electron chi connectivity index (χ2n) is 6.64. The van der Waals surface area contributed by atoms with Gasteiger partial charge in [0.1, 0.15) is 5.75 Å². The van der Waals surface area contributed by atoms with Crippen LogP contribution in [0.2, 0.25) is 0 Å². The highest BCUT2D eigenvalue weighted by atomic mass is 32.2. The summed E-state index contributed by atoms with van der Waals surface area (Å²) in [5, 5.41) is 25.6. The zero-order valence-corrected chi connectivity index (χ0v) is 13.4. The molecule has 2 aliphatic heterocycles. The van der Waals surface area contributed by atoms with E-state index in [4.69, 9.17) is 5.73 Å². The van der Waals surface area contributed by atoms with E-state index in [1.54, 1.807) is 23.9 Å². The maximum atomic E-state index is 12.3. The van der Waals surface area contributed by atoms with Gasteiger partial charge in [0.05, 0.1) is 17.0 Å². The minimum atomic E-state index is -0.478. The number of anilines is 1. The molecule has 2 heterocycles. The average Bonchev–Trinajstić information content (AvgIpc) is 3.01. The van der Waals surface area contributed by atoms with Crippen molar-refractivity contribution in [1.29, 1.82) is 0 Å². The number of aromatic hydroxyl groups is 1. The predicted molar refractivity (Wildman–Crippen MR) is 89.9 cm³/mol. The number of rotatable bonds is 1.